The van der Waals surface area contributed by atoms with E-state index in [2.05, 4.69) is 31.4 Å². The molecular weight excluding hydrogens is 516 g/mol. The van der Waals surface area contributed by atoms with E-state index in [9.17, 15) is 4.79 Å². The maximum Gasteiger partial charge on any atom is 0.234 e. The lowest BCUT2D eigenvalue weighted by Gasteiger charge is -2.12. The van der Waals surface area contributed by atoms with Gasteiger partial charge in [0.2, 0.25) is 5.91 Å². The predicted molar refractivity (Wildman–Crippen MR) is 137 cm³/mol. The Hall–Kier alpha value is -3.30. The normalized spacial score (nSPS) is 10.7. The fourth-order valence-corrected chi connectivity index (χ4v) is 4.29. The van der Waals surface area contributed by atoms with Crippen LogP contribution in [0.15, 0.2) is 82.4 Å². The first-order valence-corrected chi connectivity index (χ1v) is 12.3. The van der Waals surface area contributed by atoms with E-state index >= 15 is 0 Å². The van der Waals surface area contributed by atoms with Crippen LogP contribution in [0.2, 0.25) is 0 Å². The first-order valence-electron chi connectivity index (χ1n) is 10.5. The number of para-hydroxylation sites is 1. The van der Waals surface area contributed by atoms with Crippen molar-refractivity contribution in [3.8, 4) is 17.2 Å². The molecule has 3 aromatic carbocycles. The molecule has 0 aliphatic heterocycles. The molecule has 0 spiro atoms. The van der Waals surface area contributed by atoms with Crippen molar-refractivity contribution < 1.29 is 14.3 Å². The van der Waals surface area contributed by atoms with E-state index in [0.29, 0.717) is 11.0 Å². The summed E-state index contributed by atoms with van der Waals surface area (Å²) >= 11 is 4.75. The second-order valence-corrected chi connectivity index (χ2v) is 9.15. The van der Waals surface area contributed by atoms with Crippen molar-refractivity contribution in [1.82, 2.24) is 14.8 Å². The van der Waals surface area contributed by atoms with Gasteiger partial charge >= 0.3 is 0 Å². The molecule has 7 nitrogen and oxygen atoms in total. The number of nitrogens with one attached hydrogen (secondary N) is 1. The summed E-state index contributed by atoms with van der Waals surface area (Å²) in [6.45, 7) is 2.26. The summed E-state index contributed by atoms with van der Waals surface area (Å²) in [4.78, 5) is 12.6. The van der Waals surface area contributed by atoms with Crippen molar-refractivity contribution in [2.24, 2.45) is 0 Å². The molecule has 1 N–H and O–H groups in total. The Bertz CT molecular complexity index is 1260. The van der Waals surface area contributed by atoms with Crippen LogP contribution in [0.1, 0.15) is 11.4 Å². The van der Waals surface area contributed by atoms with Crippen LogP contribution in [-0.4, -0.2) is 33.5 Å². The van der Waals surface area contributed by atoms with Gasteiger partial charge in [0.25, 0.3) is 0 Å². The number of aryl methyl sites for hydroxylation is 1. The van der Waals surface area contributed by atoms with E-state index in [-0.39, 0.29) is 18.3 Å². The number of thioether (sulfide) groups is 1. The summed E-state index contributed by atoms with van der Waals surface area (Å²) in [6, 6.07) is 22.9. The minimum Gasteiger partial charge on any atom is -0.497 e. The Kier molecular flexibility index (Phi) is 7.87. The van der Waals surface area contributed by atoms with Crippen LogP contribution >= 0.6 is 27.7 Å². The monoisotopic (exact) mass is 538 g/mol. The third kappa shape index (κ3) is 5.98. The van der Waals surface area contributed by atoms with E-state index in [0.717, 1.165) is 32.9 Å². The van der Waals surface area contributed by atoms with Crippen LogP contribution in [0.5, 0.6) is 11.5 Å². The number of carbonyl (C=O) groups excluding carboxylic acids is 1. The van der Waals surface area contributed by atoms with E-state index in [1.165, 1.54) is 11.8 Å². The standard InChI is InChI=1S/C25H23BrN4O3S/c1-17-7-11-20(12-8-17)33-15-23-28-29-25(30(23)18-9-13-19(32-2)14-10-18)34-16-24(31)27-22-6-4-3-5-21(22)26/h3-14H,15-16H2,1-2H3,(H,27,31). The number of hydrogen-bond acceptors (Lipinski definition) is 6. The number of anilines is 1. The summed E-state index contributed by atoms with van der Waals surface area (Å²) in [7, 11) is 1.62. The van der Waals surface area contributed by atoms with Crippen molar-refractivity contribution in [2.75, 3.05) is 18.2 Å². The number of halogens is 1. The van der Waals surface area contributed by atoms with Crippen LogP contribution in [0.3, 0.4) is 0 Å². The average molecular weight is 539 g/mol. The Morgan fingerprint density at radius 3 is 2.41 bits per heavy atom. The second-order valence-electron chi connectivity index (χ2n) is 7.35. The minimum atomic E-state index is -0.140. The van der Waals surface area contributed by atoms with Gasteiger partial charge in [-0.1, -0.05) is 41.6 Å². The molecule has 0 aliphatic rings. The topological polar surface area (TPSA) is 78.3 Å². The van der Waals surface area contributed by atoms with Gasteiger partial charge in [0.1, 0.15) is 18.1 Å². The zero-order chi connectivity index (χ0) is 23.9. The fourth-order valence-electron chi connectivity index (χ4n) is 3.14. The number of nitrogens with zero attached hydrogens (tertiary/aromatic N) is 3. The third-order valence-corrected chi connectivity index (χ3v) is 6.52. The van der Waals surface area contributed by atoms with Crippen LogP contribution in [0.4, 0.5) is 5.69 Å². The molecule has 0 bridgehead atoms. The summed E-state index contributed by atoms with van der Waals surface area (Å²) in [5.74, 6) is 2.15. The number of hydrogen-bond donors (Lipinski definition) is 1. The van der Waals surface area contributed by atoms with Gasteiger partial charge in [-0.2, -0.15) is 0 Å². The molecule has 0 radical (unpaired) electrons. The number of carbonyl (C=O) groups is 1. The molecule has 4 rings (SSSR count). The second kappa shape index (κ2) is 11.2. The molecule has 0 saturated heterocycles. The van der Waals surface area contributed by atoms with Crippen LogP contribution in [0, 0.1) is 6.92 Å². The SMILES string of the molecule is COc1ccc(-n2c(COc3ccc(C)cc3)nnc2SCC(=O)Nc2ccccc2Br)cc1. The molecule has 4 aromatic rings. The lowest BCUT2D eigenvalue weighted by Crippen LogP contribution is -2.15. The minimum absolute atomic E-state index is 0.140. The molecule has 0 saturated carbocycles. The highest BCUT2D eigenvalue weighted by Gasteiger charge is 2.17. The van der Waals surface area contributed by atoms with Gasteiger partial charge in [-0.15, -0.1) is 10.2 Å². The van der Waals surface area contributed by atoms with Gasteiger partial charge in [-0.25, -0.2) is 0 Å². The Morgan fingerprint density at radius 2 is 1.71 bits per heavy atom. The van der Waals surface area contributed by atoms with E-state index in [4.69, 9.17) is 9.47 Å². The number of amides is 1. The van der Waals surface area contributed by atoms with Crippen molar-refractivity contribution >= 4 is 39.3 Å². The molecule has 0 unspecified atom stereocenters. The van der Waals surface area contributed by atoms with Crippen molar-refractivity contribution in [1.29, 1.82) is 0 Å². The number of aromatic nitrogens is 3. The molecule has 0 aliphatic carbocycles. The van der Waals surface area contributed by atoms with Gasteiger partial charge in [-0.05, 0) is 71.4 Å². The summed E-state index contributed by atoms with van der Waals surface area (Å²) in [5, 5.41) is 12.2. The van der Waals surface area contributed by atoms with Crippen LogP contribution < -0.4 is 14.8 Å². The highest BCUT2D eigenvalue weighted by molar-refractivity contribution is 9.10. The van der Waals surface area contributed by atoms with Crippen LogP contribution in [0.25, 0.3) is 5.69 Å². The average Bonchev–Trinajstić information content (AvgIpc) is 3.26. The lowest BCUT2D eigenvalue weighted by atomic mass is 10.2. The molecule has 174 valence electrons. The molecule has 1 heterocycles. The smallest absolute Gasteiger partial charge is 0.234 e. The molecule has 34 heavy (non-hydrogen) atoms. The molecule has 1 amide bonds. The van der Waals surface area contributed by atoms with Crippen molar-refractivity contribution in [3.63, 3.8) is 0 Å². The van der Waals surface area contributed by atoms with E-state index in [1.54, 1.807) is 7.11 Å². The number of benzene rings is 3. The van der Waals surface area contributed by atoms with Gasteiger partial charge < -0.3 is 14.8 Å². The quantitative estimate of drug-likeness (QED) is 0.277. The van der Waals surface area contributed by atoms with Gasteiger partial charge in [-0.3, -0.25) is 9.36 Å². The fraction of sp³-hybridized carbons (Fsp3) is 0.160. The van der Waals surface area contributed by atoms with Crippen molar-refractivity contribution in [3.05, 3.63) is 88.7 Å². The first kappa shape index (κ1) is 23.8. The first-order chi connectivity index (χ1) is 16.5. The number of methoxy groups -OCH3 is 1. The van der Waals surface area contributed by atoms with Crippen LogP contribution in [-0.2, 0) is 11.4 Å². The maximum atomic E-state index is 12.6. The lowest BCUT2D eigenvalue weighted by molar-refractivity contribution is -0.113. The molecular formula is C25H23BrN4O3S. The summed E-state index contributed by atoms with van der Waals surface area (Å²) in [6.07, 6.45) is 0. The van der Waals surface area contributed by atoms with Gasteiger partial charge in [0, 0.05) is 10.2 Å². The summed E-state index contributed by atoms with van der Waals surface area (Å²) in [5.41, 5.74) is 2.73. The Labute approximate surface area is 210 Å². The third-order valence-electron chi connectivity index (χ3n) is 4.90. The molecule has 0 fully saturated rings. The highest BCUT2D eigenvalue weighted by Crippen LogP contribution is 2.26. The van der Waals surface area contributed by atoms with E-state index < -0.39 is 0 Å². The largest absolute Gasteiger partial charge is 0.497 e. The van der Waals surface area contributed by atoms with Gasteiger partial charge in [0.15, 0.2) is 11.0 Å². The zero-order valence-electron chi connectivity index (χ0n) is 18.7. The highest BCUT2D eigenvalue weighted by atomic mass is 79.9. The Morgan fingerprint density at radius 1 is 1.00 bits per heavy atom. The molecule has 0 atom stereocenters. The van der Waals surface area contributed by atoms with Gasteiger partial charge in [0.05, 0.1) is 18.6 Å². The molecule has 1 aromatic heterocycles. The predicted octanol–water partition coefficient (Wildman–Crippen LogP) is 5.66. The summed E-state index contributed by atoms with van der Waals surface area (Å²) < 4.78 is 13.9. The number of rotatable bonds is 9. The van der Waals surface area contributed by atoms with E-state index in [1.807, 2.05) is 84.3 Å². The zero-order valence-corrected chi connectivity index (χ0v) is 21.1. The Balaban J connectivity index is 1.52. The van der Waals surface area contributed by atoms with Crippen molar-refractivity contribution in [2.45, 2.75) is 18.7 Å². The maximum absolute atomic E-state index is 12.6. The number of ether oxygens (including phenoxy) is 2. The molecule has 9 heteroatoms.